The fourth-order valence-corrected chi connectivity index (χ4v) is 3.89. The lowest BCUT2D eigenvalue weighted by Crippen LogP contribution is -2.34. The van der Waals surface area contributed by atoms with Gasteiger partial charge in [0.2, 0.25) is 0 Å². The van der Waals surface area contributed by atoms with E-state index >= 15 is 0 Å². The van der Waals surface area contributed by atoms with E-state index in [4.69, 9.17) is 4.74 Å². The minimum Gasteiger partial charge on any atom is -0.443 e. The van der Waals surface area contributed by atoms with Crippen LogP contribution in [0.15, 0.2) is 42.5 Å². The summed E-state index contributed by atoms with van der Waals surface area (Å²) in [4.78, 5) is 13.8. The van der Waals surface area contributed by atoms with Crippen LogP contribution in [0.25, 0.3) is 0 Å². The molecule has 2 aliphatic rings. The summed E-state index contributed by atoms with van der Waals surface area (Å²) in [5.74, 6) is -3.05. The zero-order chi connectivity index (χ0) is 17.6. The highest BCUT2D eigenvalue weighted by atomic mass is 19.2. The van der Waals surface area contributed by atoms with E-state index in [1.54, 1.807) is 4.90 Å². The number of carbonyl (C=O) groups excluding carboxylic acids is 1. The molecule has 0 spiro atoms. The highest BCUT2D eigenvalue weighted by molar-refractivity contribution is 5.71. The summed E-state index contributed by atoms with van der Waals surface area (Å²) in [5.41, 5.74) is 0.690. The average Bonchev–Trinajstić information content (AvgIpc) is 3.19. The van der Waals surface area contributed by atoms with E-state index in [1.807, 2.05) is 0 Å². The summed E-state index contributed by atoms with van der Waals surface area (Å²) < 4.78 is 47.2. The van der Waals surface area contributed by atoms with Gasteiger partial charge < -0.3 is 9.64 Å². The molecule has 130 valence electrons. The highest BCUT2D eigenvalue weighted by Crippen LogP contribution is 2.41. The third-order valence-electron chi connectivity index (χ3n) is 5.02. The number of halogens is 3. The quantitative estimate of drug-likeness (QED) is 0.832. The van der Waals surface area contributed by atoms with Gasteiger partial charge in [0.25, 0.3) is 0 Å². The molecule has 2 aliphatic heterocycles. The molecule has 25 heavy (non-hydrogen) atoms. The Morgan fingerprint density at radius 2 is 1.84 bits per heavy atom. The van der Waals surface area contributed by atoms with Gasteiger partial charge in [0.1, 0.15) is 11.9 Å². The standard InChI is InChI=1S/C19H16F3NO2/c20-12-8-6-11(7-9-12)16(13-3-1-4-14(21)17(13)22)18-15-5-2-10-23(15)19(24)25-18/h1,3-4,6-9,15-16,18H,2,5,10H2/t15-,16+,18+/m1/s1. The molecule has 3 nitrogen and oxygen atoms in total. The van der Waals surface area contributed by atoms with Crippen LogP contribution in [-0.2, 0) is 4.74 Å². The predicted molar refractivity (Wildman–Crippen MR) is 84.6 cm³/mol. The molecule has 2 heterocycles. The Balaban J connectivity index is 1.83. The van der Waals surface area contributed by atoms with E-state index in [9.17, 15) is 18.0 Å². The molecular weight excluding hydrogens is 331 g/mol. The molecular formula is C19H16F3NO2. The van der Waals surface area contributed by atoms with Crippen LogP contribution >= 0.6 is 0 Å². The summed E-state index contributed by atoms with van der Waals surface area (Å²) >= 11 is 0. The third-order valence-corrected chi connectivity index (χ3v) is 5.02. The highest BCUT2D eigenvalue weighted by Gasteiger charge is 2.49. The zero-order valence-electron chi connectivity index (χ0n) is 13.3. The number of ether oxygens (including phenoxy) is 1. The minimum atomic E-state index is -0.968. The number of amides is 1. The number of rotatable bonds is 3. The Morgan fingerprint density at radius 1 is 1.08 bits per heavy atom. The second kappa shape index (κ2) is 6.10. The Morgan fingerprint density at radius 3 is 2.60 bits per heavy atom. The third kappa shape index (κ3) is 2.65. The lowest BCUT2D eigenvalue weighted by atomic mass is 9.83. The number of cyclic esters (lactones) is 1. The van der Waals surface area contributed by atoms with Crippen molar-refractivity contribution in [1.29, 1.82) is 0 Å². The van der Waals surface area contributed by atoms with Gasteiger partial charge in [0.15, 0.2) is 11.6 Å². The van der Waals surface area contributed by atoms with E-state index in [0.717, 1.165) is 18.9 Å². The van der Waals surface area contributed by atoms with Crippen molar-refractivity contribution in [1.82, 2.24) is 4.90 Å². The van der Waals surface area contributed by atoms with Gasteiger partial charge in [-0.1, -0.05) is 24.3 Å². The largest absolute Gasteiger partial charge is 0.443 e. The van der Waals surface area contributed by atoms with Gasteiger partial charge >= 0.3 is 6.09 Å². The van der Waals surface area contributed by atoms with Gasteiger partial charge in [0, 0.05) is 12.1 Å². The first-order valence-electron chi connectivity index (χ1n) is 8.23. The summed E-state index contributed by atoms with van der Waals surface area (Å²) in [7, 11) is 0. The van der Waals surface area contributed by atoms with Crippen molar-refractivity contribution in [3.8, 4) is 0 Å². The number of hydrogen-bond acceptors (Lipinski definition) is 2. The van der Waals surface area contributed by atoms with Crippen molar-refractivity contribution in [3.63, 3.8) is 0 Å². The van der Waals surface area contributed by atoms with Gasteiger partial charge in [0.05, 0.1) is 12.0 Å². The van der Waals surface area contributed by atoms with Crippen LogP contribution < -0.4 is 0 Å². The predicted octanol–water partition coefficient (Wildman–Crippen LogP) is 4.22. The molecule has 6 heteroatoms. The maximum atomic E-state index is 14.5. The topological polar surface area (TPSA) is 29.5 Å². The number of nitrogens with zero attached hydrogens (tertiary/aromatic N) is 1. The summed E-state index contributed by atoms with van der Waals surface area (Å²) in [6.45, 7) is 0.599. The van der Waals surface area contributed by atoms with Crippen molar-refractivity contribution in [2.24, 2.45) is 0 Å². The fraction of sp³-hybridized carbons (Fsp3) is 0.316. The molecule has 3 atom stereocenters. The van der Waals surface area contributed by atoms with Gasteiger partial charge in [-0.05, 0) is 36.6 Å². The van der Waals surface area contributed by atoms with Crippen LogP contribution in [0, 0.1) is 17.5 Å². The zero-order valence-corrected chi connectivity index (χ0v) is 13.3. The number of benzene rings is 2. The van der Waals surface area contributed by atoms with E-state index in [2.05, 4.69) is 0 Å². The summed E-state index contributed by atoms with van der Waals surface area (Å²) in [6.07, 6.45) is 0.511. The van der Waals surface area contributed by atoms with Crippen molar-refractivity contribution in [2.75, 3.05) is 6.54 Å². The molecule has 2 aromatic rings. The molecule has 2 saturated heterocycles. The molecule has 4 rings (SSSR count). The normalized spacial score (nSPS) is 23.5. The van der Waals surface area contributed by atoms with Crippen LogP contribution in [0.1, 0.15) is 29.9 Å². The van der Waals surface area contributed by atoms with Crippen LogP contribution in [0.4, 0.5) is 18.0 Å². The van der Waals surface area contributed by atoms with E-state index in [1.165, 1.54) is 36.4 Å². The van der Waals surface area contributed by atoms with Crippen molar-refractivity contribution in [2.45, 2.75) is 30.9 Å². The van der Waals surface area contributed by atoms with E-state index in [0.29, 0.717) is 12.1 Å². The van der Waals surface area contributed by atoms with Gasteiger partial charge in [-0.25, -0.2) is 18.0 Å². The second-order valence-corrected chi connectivity index (χ2v) is 6.42. The molecule has 0 radical (unpaired) electrons. The van der Waals surface area contributed by atoms with E-state index < -0.39 is 35.6 Å². The van der Waals surface area contributed by atoms with Gasteiger partial charge in [-0.3, -0.25) is 0 Å². The lowest BCUT2D eigenvalue weighted by Gasteiger charge is -2.27. The van der Waals surface area contributed by atoms with Crippen molar-refractivity contribution >= 4 is 6.09 Å². The number of carbonyl (C=O) groups is 1. The first-order valence-corrected chi connectivity index (χ1v) is 8.23. The Bertz CT molecular complexity index is 809. The fourth-order valence-electron chi connectivity index (χ4n) is 3.89. The minimum absolute atomic E-state index is 0.109. The summed E-state index contributed by atoms with van der Waals surface area (Å²) in [5, 5.41) is 0. The molecule has 1 amide bonds. The van der Waals surface area contributed by atoms with Crippen molar-refractivity contribution < 1.29 is 22.7 Å². The monoisotopic (exact) mass is 347 g/mol. The Labute approximate surface area is 143 Å². The molecule has 2 aromatic carbocycles. The molecule has 0 saturated carbocycles. The molecule has 0 bridgehead atoms. The maximum Gasteiger partial charge on any atom is 0.410 e. The lowest BCUT2D eigenvalue weighted by molar-refractivity contribution is 0.117. The van der Waals surface area contributed by atoms with Crippen LogP contribution in [-0.4, -0.2) is 29.7 Å². The first-order chi connectivity index (χ1) is 12.1. The van der Waals surface area contributed by atoms with Crippen LogP contribution in [0.5, 0.6) is 0 Å². The molecule has 0 aliphatic carbocycles. The maximum absolute atomic E-state index is 14.5. The van der Waals surface area contributed by atoms with Gasteiger partial charge in [-0.2, -0.15) is 0 Å². The van der Waals surface area contributed by atoms with Crippen molar-refractivity contribution in [3.05, 3.63) is 71.0 Å². The molecule has 0 unspecified atom stereocenters. The number of fused-ring (bicyclic) bond motifs is 1. The molecule has 2 fully saturated rings. The molecule has 0 N–H and O–H groups in total. The molecule has 0 aromatic heterocycles. The van der Waals surface area contributed by atoms with Gasteiger partial charge in [-0.15, -0.1) is 0 Å². The smallest absolute Gasteiger partial charge is 0.410 e. The van der Waals surface area contributed by atoms with E-state index in [-0.39, 0.29) is 11.6 Å². The Hall–Kier alpha value is -2.50. The van der Waals surface area contributed by atoms with Crippen LogP contribution in [0.3, 0.4) is 0 Å². The summed E-state index contributed by atoms with van der Waals surface area (Å²) in [6, 6.07) is 9.34. The number of hydrogen-bond donors (Lipinski definition) is 0. The SMILES string of the molecule is O=C1O[C@H]([C@@H](c2ccc(F)cc2)c2cccc(F)c2F)[C@H]2CCCN12. The van der Waals surface area contributed by atoms with Crippen LogP contribution in [0.2, 0.25) is 0 Å². The second-order valence-electron chi connectivity index (χ2n) is 6.42. The Kier molecular flexibility index (Phi) is 3.90. The first kappa shape index (κ1) is 16.0. The average molecular weight is 347 g/mol.